The standard InChI is InChI=1S/C37H52O4/c1-21(2)24-15-17-34(5)20-30(39)36(7)26(31(24)34)13-14-27-35(6)18-16-25(22-9-11-23(12-10-22)32(40)41)33(3,4)28(35)19-29(38)37(27,36)8/h9-12,16,24,26-31,38-39H,1,13-15,17-20H2,2-8H3,(H,40,41)/t24-,26+,27+,28-,29-,30-,31+,34+,35+,36-,37-/m0/s1. The number of aliphatic hydroxyl groups excluding tert-OH is 2. The second-order valence-electron chi connectivity index (χ2n) is 16.4. The summed E-state index contributed by atoms with van der Waals surface area (Å²) < 4.78 is 0. The van der Waals surface area contributed by atoms with E-state index >= 15 is 0 Å². The van der Waals surface area contributed by atoms with Gasteiger partial charge in [0.15, 0.2) is 0 Å². The summed E-state index contributed by atoms with van der Waals surface area (Å²) in [5.41, 5.74) is 3.16. The minimum atomic E-state index is -0.905. The van der Waals surface area contributed by atoms with Gasteiger partial charge in [-0.2, -0.15) is 0 Å². The predicted octanol–water partition coefficient (Wildman–Crippen LogP) is 8.00. The largest absolute Gasteiger partial charge is 0.478 e. The SMILES string of the molecule is C=C(C)[C@@H]1CC[C@]2(C)C[C@H](O)[C@]3(C)[C@H](CC[C@@H]4[C@@]5(C)CC=C(c6ccc(C(=O)O)cc6)C(C)(C)[C@@H]5C[C@H](O)[C@]43C)[C@@H]12. The van der Waals surface area contributed by atoms with Gasteiger partial charge >= 0.3 is 5.97 Å². The Bertz CT molecular complexity index is 1290. The number of aromatic carboxylic acids is 1. The van der Waals surface area contributed by atoms with Gasteiger partial charge < -0.3 is 15.3 Å². The van der Waals surface area contributed by atoms with Crippen molar-refractivity contribution < 1.29 is 20.1 Å². The molecule has 0 spiro atoms. The van der Waals surface area contributed by atoms with Gasteiger partial charge in [0.05, 0.1) is 17.8 Å². The van der Waals surface area contributed by atoms with Gasteiger partial charge in [-0.3, -0.25) is 0 Å². The van der Waals surface area contributed by atoms with Gasteiger partial charge in [0.2, 0.25) is 0 Å². The number of hydrogen-bond donors (Lipinski definition) is 3. The van der Waals surface area contributed by atoms with Crippen LogP contribution in [0.1, 0.15) is 109 Å². The Labute approximate surface area is 247 Å². The fraction of sp³-hybridized carbons (Fsp3) is 0.703. The van der Waals surface area contributed by atoms with Crippen LogP contribution in [0.25, 0.3) is 5.57 Å². The second-order valence-corrected chi connectivity index (χ2v) is 16.4. The third-order valence-electron chi connectivity index (χ3n) is 14.6. The van der Waals surface area contributed by atoms with Crippen molar-refractivity contribution in [2.75, 3.05) is 0 Å². The molecule has 0 aromatic heterocycles. The number of carboxylic acid groups (broad SMARTS) is 1. The van der Waals surface area contributed by atoms with E-state index in [1.54, 1.807) is 12.1 Å². The van der Waals surface area contributed by atoms with Crippen LogP contribution in [0.5, 0.6) is 0 Å². The second kappa shape index (κ2) is 9.05. The number of allylic oxidation sites excluding steroid dienone is 3. The number of benzene rings is 1. The third kappa shape index (κ3) is 3.62. The molecule has 6 rings (SSSR count). The lowest BCUT2D eigenvalue weighted by molar-refractivity contribution is -0.293. The van der Waals surface area contributed by atoms with E-state index in [-0.39, 0.29) is 33.0 Å². The average molecular weight is 561 g/mol. The number of rotatable bonds is 3. The smallest absolute Gasteiger partial charge is 0.335 e. The third-order valence-corrected chi connectivity index (χ3v) is 14.6. The van der Waals surface area contributed by atoms with Crippen molar-refractivity contribution in [3.05, 3.63) is 53.6 Å². The molecule has 0 bridgehead atoms. The van der Waals surface area contributed by atoms with Crippen molar-refractivity contribution in [1.82, 2.24) is 0 Å². The summed E-state index contributed by atoms with van der Waals surface area (Å²) >= 11 is 0. The van der Waals surface area contributed by atoms with Gasteiger partial charge in [0.1, 0.15) is 0 Å². The van der Waals surface area contributed by atoms with Gasteiger partial charge in [-0.15, -0.1) is 0 Å². The number of carboxylic acids is 1. The lowest BCUT2D eigenvalue weighted by Crippen LogP contribution is -2.72. The molecule has 41 heavy (non-hydrogen) atoms. The molecule has 0 amide bonds. The van der Waals surface area contributed by atoms with E-state index in [0.29, 0.717) is 29.2 Å². The summed E-state index contributed by atoms with van der Waals surface area (Å²) in [7, 11) is 0. The summed E-state index contributed by atoms with van der Waals surface area (Å²) in [5.74, 6) is 1.09. The Morgan fingerprint density at radius 1 is 0.902 bits per heavy atom. The molecule has 4 heteroatoms. The maximum absolute atomic E-state index is 12.4. The number of hydrogen-bond acceptors (Lipinski definition) is 3. The molecule has 5 aliphatic rings. The van der Waals surface area contributed by atoms with Crippen LogP contribution in [0.15, 0.2) is 42.5 Å². The zero-order chi connectivity index (χ0) is 29.9. The zero-order valence-corrected chi connectivity index (χ0v) is 26.3. The van der Waals surface area contributed by atoms with Crippen LogP contribution < -0.4 is 0 Å². The van der Waals surface area contributed by atoms with E-state index in [1.165, 1.54) is 17.6 Å². The highest BCUT2D eigenvalue weighted by Gasteiger charge is 2.74. The fourth-order valence-electron chi connectivity index (χ4n) is 12.5. The molecule has 4 nitrogen and oxygen atoms in total. The van der Waals surface area contributed by atoms with E-state index in [0.717, 1.165) is 44.1 Å². The minimum absolute atomic E-state index is 0.000132. The van der Waals surface area contributed by atoms with Crippen molar-refractivity contribution >= 4 is 11.5 Å². The van der Waals surface area contributed by atoms with Crippen LogP contribution in [-0.2, 0) is 0 Å². The normalized spacial score (nSPS) is 48.2. The first kappa shape index (κ1) is 29.2. The molecule has 1 aromatic carbocycles. The number of fused-ring (bicyclic) bond motifs is 7. The maximum Gasteiger partial charge on any atom is 0.335 e. The predicted molar refractivity (Wildman–Crippen MR) is 164 cm³/mol. The zero-order valence-electron chi connectivity index (χ0n) is 26.3. The van der Waals surface area contributed by atoms with Gasteiger partial charge in [0, 0.05) is 10.8 Å². The first-order valence-electron chi connectivity index (χ1n) is 16.1. The van der Waals surface area contributed by atoms with Crippen molar-refractivity contribution in [3.8, 4) is 0 Å². The lowest BCUT2D eigenvalue weighted by Gasteiger charge is -2.74. The molecule has 5 aliphatic carbocycles. The van der Waals surface area contributed by atoms with Crippen LogP contribution in [0.4, 0.5) is 0 Å². The van der Waals surface area contributed by atoms with E-state index < -0.39 is 18.2 Å². The highest BCUT2D eigenvalue weighted by molar-refractivity contribution is 5.88. The Balaban J connectivity index is 1.42. The first-order valence-corrected chi connectivity index (χ1v) is 16.1. The van der Waals surface area contributed by atoms with Crippen molar-refractivity contribution in [3.63, 3.8) is 0 Å². The molecule has 0 heterocycles. The minimum Gasteiger partial charge on any atom is -0.478 e. The van der Waals surface area contributed by atoms with Gasteiger partial charge in [-0.1, -0.05) is 71.9 Å². The molecular formula is C37H52O4. The van der Waals surface area contributed by atoms with E-state index in [2.05, 4.69) is 61.1 Å². The summed E-state index contributed by atoms with van der Waals surface area (Å²) in [6, 6.07) is 7.31. The highest BCUT2D eigenvalue weighted by Crippen LogP contribution is 2.77. The molecule has 3 N–H and O–H groups in total. The molecule has 0 unspecified atom stereocenters. The summed E-state index contributed by atoms with van der Waals surface area (Å²) in [6.07, 6.45) is 8.54. The average Bonchev–Trinajstić information content (AvgIpc) is 3.24. The van der Waals surface area contributed by atoms with Crippen LogP contribution in [0, 0.1) is 56.7 Å². The van der Waals surface area contributed by atoms with Crippen LogP contribution in [0.3, 0.4) is 0 Å². The van der Waals surface area contributed by atoms with Crippen molar-refractivity contribution in [1.29, 1.82) is 0 Å². The molecule has 11 atom stereocenters. The Kier molecular flexibility index (Phi) is 6.44. The van der Waals surface area contributed by atoms with E-state index in [9.17, 15) is 20.1 Å². The van der Waals surface area contributed by atoms with Gasteiger partial charge in [-0.05, 0) is 121 Å². The molecule has 4 fully saturated rings. The van der Waals surface area contributed by atoms with Crippen molar-refractivity contribution in [2.24, 2.45) is 56.7 Å². The van der Waals surface area contributed by atoms with Gasteiger partial charge in [-0.25, -0.2) is 4.79 Å². The monoisotopic (exact) mass is 560 g/mol. The molecular weight excluding hydrogens is 508 g/mol. The summed E-state index contributed by atoms with van der Waals surface area (Å²) in [6.45, 7) is 20.9. The molecule has 0 radical (unpaired) electrons. The van der Waals surface area contributed by atoms with E-state index in [4.69, 9.17) is 0 Å². The molecule has 4 saturated carbocycles. The van der Waals surface area contributed by atoms with Crippen LogP contribution in [-0.4, -0.2) is 33.5 Å². The molecule has 0 aliphatic heterocycles. The summed E-state index contributed by atoms with van der Waals surface area (Å²) in [5, 5.41) is 34.0. The van der Waals surface area contributed by atoms with Crippen molar-refractivity contribution in [2.45, 2.75) is 106 Å². The number of carbonyl (C=O) groups is 1. The Morgan fingerprint density at radius 2 is 1.56 bits per heavy atom. The fourth-order valence-corrected chi connectivity index (χ4v) is 12.5. The Morgan fingerprint density at radius 3 is 2.17 bits per heavy atom. The van der Waals surface area contributed by atoms with Gasteiger partial charge in [0.25, 0.3) is 0 Å². The van der Waals surface area contributed by atoms with Crippen LogP contribution in [0.2, 0.25) is 0 Å². The summed E-state index contributed by atoms with van der Waals surface area (Å²) in [4.78, 5) is 11.5. The first-order chi connectivity index (χ1) is 19.0. The Hall–Kier alpha value is -1.91. The highest BCUT2D eigenvalue weighted by atomic mass is 16.4. The quantitative estimate of drug-likeness (QED) is 0.327. The lowest BCUT2D eigenvalue weighted by atomic mass is 9.31. The van der Waals surface area contributed by atoms with E-state index in [1.807, 2.05) is 12.1 Å². The topological polar surface area (TPSA) is 77.8 Å². The maximum atomic E-state index is 12.4. The molecule has 224 valence electrons. The van der Waals surface area contributed by atoms with Crippen LogP contribution >= 0.6 is 0 Å². The molecule has 1 aromatic rings. The molecule has 0 saturated heterocycles. The number of aliphatic hydroxyl groups is 2.